The van der Waals surface area contributed by atoms with E-state index >= 15 is 0 Å². The summed E-state index contributed by atoms with van der Waals surface area (Å²) in [7, 11) is 1.46. The topological polar surface area (TPSA) is 58.6 Å². The molecule has 5 nitrogen and oxygen atoms in total. The van der Waals surface area contributed by atoms with Crippen LogP contribution in [0.3, 0.4) is 0 Å². The van der Waals surface area contributed by atoms with Gasteiger partial charge in [0.15, 0.2) is 0 Å². The van der Waals surface area contributed by atoms with Gasteiger partial charge in [-0.2, -0.15) is 0 Å². The van der Waals surface area contributed by atoms with Crippen molar-refractivity contribution in [2.24, 2.45) is 0 Å². The average Bonchev–Trinajstić information content (AvgIpc) is 2.45. The molecule has 0 aromatic heterocycles. The van der Waals surface area contributed by atoms with E-state index in [1.54, 1.807) is 26.8 Å². The number of hydrogen-bond donors (Lipinski definition) is 1. The van der Waals surface area contributed by atoms with Crippen LogP contribution in [-0.2, 0) is 14.9 Å². The highest BCUT2D eigenvalue weighted by Crippen LogP contribution is 2.30. The highest BCUT2D eigenvalue weighted by molar-refractivity contribution is 9.10. The molecule has 1 rings (SSSR count). The van der Waals surface area contributed by atoms with Crippen LogP contribution in [0.15, 0.2) is 41.4 Å². The maximum absolute atomic E-state index is 12.8. The SMILES string of the molecule is C=CCC(C)(C(=O)NN(C)C(=O)OC(C)(C)C)c1cccc(Br)c1. The summed E-state index contributed by atoms with van der Waals surface area (Å²) in [5.74, 6) is -0.311. The van der Waals surface area contributed by atoms with Gasteiger partial charge in [0, 0.05) is 11.5 Å². The molecule has 1 atom stereocenters. The summed E-state index contributed by atoms with van der Waals surface area (Å²) in [4.78, 5) is 24.9. The van der Waals surface area contributed by atoms with Gasteiger partial charge < -0.3 is 4.74 Å². The van der Waals surface area contributed by atoms with Gasteiger partial charge in [0.25, 0.3) is 0 Å². The van der Waals surface area contributed by atoms with E-state index in [0.29, 0.717) is 6.42 Å². The zero-order chi connectivity index (χ0) is 18.5. The van der Waals surface area contributed by atoms with Gasteiger partial charge >= 0.3 is 6.09 Å². The summed E-state index contributed by atoms with van der Waals surface area (Å²) in [5.41, 5.74) is 1.93. The Hall–Kier alpha value is -1.82. The van der Waals surface area contributed by atoms with Gasteiger partial charge in [-0.15, -0.1) is 6.58 Å². The summed E-state index contributed by atoms with van der Waals surface area (Å²) < 4.78 is 6.12. The number of ether oxygens (including phenoxy) is 1. The Bertz CT molecular complexity index is 625. The fraction of sp³-hybridized carbons (Fsp3) is 0.444. The van der Waals surface area contributed by atoms with E-state index in [1.165, 1.54) is 7.05 Å². The summed E-state index contributed by atoms with van der Waals surface area (Å²) in [6, 6.07) is 7.52. The van der Waals surface area contributed by atoms with Gasteiger partial charge in [0.05, 0.1) is 5.41 Å². The smallest absolute Gasteiger partial charge is 0.428 e. The number of amides is 2. The van der Waals surface area contributed by atoms with Crippen LogP contribution in [0, 0.1) is 0 Å². The minimum Gasteiger partial charge on any atom is -0.442 e. The van der Waals surface area contributed by atoms with E-state index in [1.807, 2.05) is 31.2 Å². The van der Waals surface area contributed by atoms with Crippen molar-refractivity contribution in [2.75, 3.05) is 7.05 Å². The van der Waals surface area contributed by atoms with Crippen LogP contribution in [0.1, 0.15) is 39.7 Å². The molecular weight excluding hydrogens is 372 g/mol. The Morgan fingerprint density at radius 2 is 1.96 bits per heavy atom. The largest absolute Gasteiger partial charge is 0.442 e. The van der Waals surface area contributed by atoms with Gasteiger partial charge in [-0.3, -0.25) is 10.2 Å². The van der Waals surface area contributed by atoms with Crippen molar-refractivity contribution in [3.8, 4) is 0 Å². The minimum absolute atomic E-state index is 0.311. The molecule has 0 radical (unpaired) electrons. The van der Waals surface area contributed by atoms with Crippen LogP contribution in [0.2, 0.25) is 0 Å². The Morgan fingerprint density at radius 3 is 2.46 bits per heavy atom. The number of halogens is 1. The average molecular weight is 397 g/mol. The van der Waals surface area contributed by atoms with Crippen molar-refractivity contribution in [1.82, 2.24) is 10.4 Å². The Kier molecular flexibility index (Phi) is 6.60. The molecule has 2 amide bonds. The van der Waals surface area contributed by atoms with E-state index in [0.717, 1.165) is 15.0 Å². The van der Waals surface area contributed by atoms with Crippen LogP contribution in [-0.4, -0.2) is 29.7 Å². The third-order valence-electron chi connectivity index (χ3n) is 3.45. The number of nitrogens with zero attached hydrogens (tertiary/aromatic N) is 1. The molecule has 0 heterocycles. The summed E-state index contributed by atoms with van der Waals surface area (Å²) in [5, 5.41) is 1.06. The normalized spacial score (nSPS) is 13.6. The summed E-state index contributed by atoms with van der Waals surface area (Å²) >= 11 is 3.42. The molecule has 24 heavy (non-hydrogen) atoms. The fourth-order valence-corrected chi connectivity index (χ4v) is 2.51. The molecule has 0 bridgehead atoms. The zero-order valence-corrected chi connectivity index (χ0v) is 16.4. The highest BCUT2D eigenvalue weighted by atomic mass is 79.9. The molecule has 1 unspecified atom stereocenters. The van der Waals surface area contributed by atoms with Crippen LogP contribution >= 0.6 is 15.9 Å². The second-order valence-electron chi connectivity index (χ2n) is 6.82. The van der Waals surface area contributed by atoms with Gasteiger partial charge in [-0.1, -0.05) is 34.1 Å². The van der Waals surface area contributed by atoms with E-state index in [9.17, 15) is 9.59 Å². The number of rotatable bonds is 4. The van der Waals surface area contributed by atoms with E-state index in [4.69, 9.17) is 4.74 Å². The van der Waals surface area contributed by atoms with Crippen LogP contribution in [0.25, 0.3) is 0 Å². The van der Waals surface area contributed by atoms with Crippen molar-refractivity contribution >= 4 is 27.9 Å². The number of carbonyl (C=O) groups excluding carboxylic acids is 2. The molecule has 132 valence electrons. The second kappa shape index (κ2) is 7.83. The first kappa shape index (κ1) is 20.2. The first-order valence-electron chi connectivity index (χ1n) is 7.64. The van der Waals surface area contributed by atoms with Crippen molar-refractivity contribution in [1.29, 1.82) is 0 Å². The maximum atomic E-state index is 12.8. The molecule has 0 spiro atoms. The molecule has 0 aliphatic rings. The monoisotopic (exact) mass is 396 g/mol. The standard InChI is InChI=1S/C18H25BrN2O3/c1-7-11-18(5,13-9-8-10-14(19)12-13)15(22)20-21(6)16(23)24-17(2,3)4/h7-10,12H,1,11H2,2-6H3,(H,20,22). The van der Waals surface area contributed by atoms with E-state index in [2.05, 4.69) is 27.9 Å². The first-order valence-corrected chi connectivity index (χ1v) is 8.43. The van der Waals surface area contributed by atoms with Gasteiger partial charge in [-0.05, 0) is 51.8 Å². The molecule has 1 N–H and O–H groups in total. The lowest BCUT2D eigenvalue weighted by molar-refractivity contribution is -0.130. The summed E-state index contributed by atoms with van der Waals surface area (Å²) in [6.07, 6.45) is 1.50. The minimum atomic E-state index is -0.859. The molecule has 0 saturated carbocycles. The maximum Gasteiger partial charge on any atom is 0.428 e. The van der Waals surface area contributed by atoms with Crippen LogP contribution in [0.5, 0.6) is 0 Å². The van der Waals surface area contributed by atoms with Crippen LogP contribution < -0.4 is 5.43 Å². The van der Waals surface area contributed by atoms with Gasteiger partial charge in [0.2, 0.25) is 5.91 Å². The highest BCUT2D eigenvalue weighted by Gasteiger charge is 2.35. The number of hydrogen-bond acceptors (Lipinski definition) is 3. The van der Waals surface area contributed by atoms with Gasteiger partial charge in [0.1, 0.15) is 5.60 Å². The summed E-state index contributed by atoms with van der Waals surface area (Å²) in [6.45, 7) is 10.9. The molecular formula is C18H25BrN2O3. The number of hydrazine groups is 1. The lowest BCUT2D eigenvalue weighted by Crippen LogP contribution is -2.52. The number of allylic oxidation sites excluding steroid dienone is 1. The van der Waals surface area contributed by atoms with E-state index in [-0.39, 0.29) is 5.91 Å². The molecule has 6 heteroatoms. The Labute approximate surface area is 152 Å². The molecule has 1 aromatic carbocycles. The van der Waals surface area contributed by atoms with Gasteiger partial charge in [-0.25, -0.2) is 9.80 Å². The lowest BCUT2D eigenvalue weighted by Gasteiger charge is -2.31. The second-order valence-corrected chi connectivity index (χ2v) is 7.73. The zero-order valence-electron chi connectivity index (χ0n) is 14.9. The number of benzene rings is 1. The molecule has 0 aliphatic heterocycles. The quantitative estimate of drug-likeness (QED) is 0.613. The molecule has 0 fully saturated rings. The first-order chi connectivity index (χ1) is 11.0. The van der Waals surface area contributed by atoms with Crippen molar-refractivity contribution < 1.29 is 14.3 Å². The molecule has 0 aliphatic carbocycles. The van der Waals surface area contributed by atoms with E-state index < -0.39 is 17.1 Å². The predicted molar refractivity (Wildman–Crippen MR) is 98.4 cm³/mol. The predicted octanol–water partition coefficient (Wildman–Crippen LogP) is 4.18. The number of nitrogens with one attached hydrogen (secondary N) is 1. The third-order valence-corrected chi connectivity index (χ3v) is 3.95. The van der Waals surface area contributed by atoms with Crippen molar-refractivity contribution in [3.63, 3.8) is 0 Å². The van der Waals surface area contributed by atoms with Crippen LogP contribution in [0.4, 0.5) is 4.79 Å². The molecule has 1 aromatic rings. The van der Waals surface area contributed by atoms with Crippen molar-refractivity contribution in [3.05, 3.63) is 47.0 Å². The Morgan fingerprint density at radius 1 is 1.33 bits per heavy atom. The lowest BCUT2D eigenvalue weighted by atomic mass is 9.79. The Balaban J connectivity index is 2.98. The number of carbonyl (C=O) groups is 2. The van der Waals surface area contributed by atoms with Crippen molar-refractivity contribution in [2.45, 2.75) is 45.1 Å². The third kappa shape index (κ3) is 5.37. The fourth-order valence-electron chi connectivity index (χ4n) is 2.11. The molecule has 0 saturated heterocycles.